The zero-order valence-electron chi connectivity index (χ0n) is 21.4. The molecule has 1 atom stereocenters. The third-order valence-electron chi connectivity index (χ3n) is 5.94. The third kappa shape index (κ3) is 6.79. The van der Waals surface area contributed by atoms with E-state index in [-0.39, 0.29) is 23.8 Å². The first-order valence-corrected chi connectivity index (χ1v) is 13.6. The molecular weight excluding hydrogens is 607 g/mol. The summed E-state index contributed by atoms with van der Waals surface area (Å²) >= 11 is 15.6. The maximum atomic E-state index is 13.5. The summed E-state index contributed by atoms with van der Waals surface area (Å²) in [5.74, 6) is 0.637. The number of fused-ring (bicyclic) bond motifs is 1. The van der Waals surface area contributed by atoms with Gasteiger partial charge in [-0.1, -0.05) is 53.0 Å². The van der Waals surface area contributed by atoms with E-state index in [1.165, 1.54) is 18.0 Å². The molecule has 0 saturated carbocycles. The van der Waals surface area contributed by atoms with Gasteiger partial charge in [0.2, 0.25) is 0 Å². The number of ether oxygens (including phenoxy) is 2. The highest BCUT2D eigenvalue weighted by Crippen LogP contribution is 2.34. The molecule has 4 aromatic rings. The summed E-state index contributed by atoms with van der Waals surface area (Å²) < 4.78 is 13.3. The lowest BCUT2D eigenvalue weighted by molar-refractivity contribution is -0.118. The highest BCUT2D eigenvalue weighted by molar-refractivity contribution is 9.10. The number of hydrogen-bond acceptors (Lipinski definition) is 6. The van der Waals surface area contributed by atoms with Gasteiger partial charge in [-0.15, -0.1) is 0 Å². The van der Waals surface area contributed by atoms with E-state index in [0.717, 1.165) is 10.9 Å². The lowest BCUT2D eigenvalue weighted by atomic mass is 10.1. The lowest BCUT2D eigenvalue weighted by Gasteiger charge is -2.15. The van der Waals surface area contributed by atoms with Crippen molar-refractivity contribution in [3.63, 3.8) is 0 Å². The molecule has 39 heavy (non-hydrogen) atoms. The van der Waals surface area contributed by atoms with Gasteiger partial charge in [0.1, 0.15) is 5.82 Å². The number of nitrogens with zero attached hydrogens (tertiary/aromatic N) is 3. The molecule has 0 radical (unpaired) electrons. The van der Waals surface area contributed by atoms with Gasteiger partial charge in [0.15, 0.2) is 18.1 Å². The smallest absolute Gasteiger partial charge is 0.282 e. The Morgan fingerprint density at radius 3 is 2.59 bits per heavy atom. The van der Waals surface area contributed by atoms with Gasteiger partial charge in [0.25, 0.3) is 11.5 Å². The van der Waals surface area contributed by atoms with Crippen molar-refractivity contribution in [3.8, 4) is 11.5 Å². The van der Waals surface area contributed by atoms with Crippen molar-refractivity contribution in [1.82, 2.24) is 9.66 Å². The molecule has 11 heteroatoms. The number of benzene rings is 3. The van der Waals surface area contributed by atoms with Crippen molar-refractivity contribution < 1.29 is 14.3 Å². The van der Waals surface area contributed by atoms with E-state index >= 15 is 0 Å². The van der Waals surface area contributed by atoms with Crippen LogP contribution in [0.1, 0.15) is 37.6 Å². The van der Waals surface area contributed by atoms with Gasteiger partial charge in [-0.05, 0) is 55.0 Å². The first kappa shape index (κ1) is 28.6. The molecule has 4 rings (SSSR count). The fraction of sp³-hybridized carbons (Fsp3) is 0.214. The van der Waals surface area contributed by atoms with Crippen molar-refractivity contribution in [2.24, 2.45) is 5.10 Å². The minimum Gasteiger partial charge on any atom is -0.493 e. The van der Waals surface area contributed by atoms with Crippen LogP contribution >= 0.6 is 39.1 Å². The van der Waals surface area contributed by atoms with E-state index in [9.17, 15) is 9.59 Å². The Hall–Kier alpha value is -3.40. The second kappa shape index (κ2) is 12.6. The molecule has 0 fully saturated rings. The molecule has 0 aliphatic carbocycles. The highest BCUT2D eigenvalue weighted by atomic mass is 79.9. The number of hydrogen-bond donors (Lipinski definition) is 1. The molecule has 0 aliphatic heterocycles. The fourth-order valence-electron chi connectivity index (χ4n) is 3.76. The number of carbonyl (C=O) groups is 1. The molecule has 0 bridgehead atoms. The van der Waals surface area contributed by atoms with E-state index in [1.54, 1.807) is 48.5 Å². The first-order valence-electron chi connectivity index (χ1n) is 12.0. The van der Waals surface area contributed by atoms with Gasteiger partial charge in [-0.25, -0.2) is 4.98 Å². The zero-order valence-corrected chi connectivity index (χ0v) is 24.5. The number of amides is 1. The molecule has 0 unspecified atom stereocenters. The minimum absolute atomic E-state index is 0.0379. The summed E-state index contributed by atoms with van der Waals surface area (Å²) in [6.45, 7) is 3.68. The highest BCUT2D eigenvalue weighted by Gasteiger charge is 2.17. The van der Waals surface area contributed by atoms with Crippen LogP contribution in [0.2, 0.25) is 10.0 Å². The fourth-order valence-corrected chi connectivity index (χ4v) is 4.46. The van der Waals surface area contributed by atoms with Crippen molar-refractivity contribution in [1.29, 1.82) is 0 Å². The van der Waals surface area contributed by atoms with E-state index in [4.69, 9.17) is 37.7 Å². The Morgan fingerprint density at radius 2 is 1.90 bits per heavy atom. The maximum Gasteiger partial charge on any atom is 0.282 e. The molecule has 3 aromatic carbocycles. The van der Waals surface area contributed by atoms with Gasteiger partial charge >= 0.3 is 0 Å². The molecule has 1 aromatic heterocycles. The number of nitrogens with one attached hydrogen (secondary N) is 1. The van der Waals surface area contributed by atoms with Crippen molar-refractivity contribution >= 4 is 67.8 Å². The monoisotopic (exact) mass is 630 g/mol. The number of rotatable bonds is 9. The van der Waals surface area contributed by atoms with Crippen LogP contribution in [-0.2, 0) is 4.79 Å². The summed E-state index contributed by atoms with van der Waals surface area (Å²) in [6.07, 6.45) is 2.20. The average Bonchev–Trinajstić information content (AvgIpc) is 2.92. The van der Waals surface area contributed by atoms with Crippen molar-refractivity contribution in [2.45, 2.75) is 26.2 Å². The second-order valence-electron chi connectivity index (χ2n) is 8.67. The number of anilines is 1. The standard InChI is InChI=1S/C28H25BrCl2N4O4/c1-4-16(2)27-34-23-10-5-18(29)12-22(23)28(37)35(27)32-14-17-11-20(31)13-24(38-3)26(17)39-15-25(36)33-21-8-6-19(30)7-9-21/h5-14,16H,4,15H2,1-3H3,(H,33,36)/t16-/m1/s1. The number of aromatic nitrogens is 2. The summed E-state index contributed by atoms with van der Waals surface area (Å²) in [5, 5.41) is 8.58. The van der Waals surface area contributed by atoms with Crippen LogP contribution in [0, 0.1) is 0 Å². The zero-order chi connectivity index (χ0) is 28.1. The Morgan fingerprint density at radius 1 is 1.15 bits per heavy atom. The minimum atomic E-state index is -0.392. The van der Waals surface area contributed by atoms with Crippen molar-refractivity contribution in [2.75, 3.05) is 19.0 Å². The molecule has 1 heterocycles. The quantitative estimate of drug-likeness (QED) is 0.203. The molecular formula is C28H25BrCl2N4O4. The summed E-state index contributed by atoms with van der Waals surface area (Å²) in [7, 11) is 1.46. The molecule has 1 N–H and O–H groups in total. The second-order valence-corrected chi connectivity index (χ2v) is 10.5. The van der Waals surface area contributed by atoms with E-state index in [0.29, 0.717) is 43.8 Å². The molecule has 202 valence electrons. The van der Waals surface area contributed by atoms with Gasteiger partial charge in [-0.2, -0.15) is 9.78 Å². The number of carbonyl (C=O) groups excluding carboxylic acids is 1. The molecule has 0 saturated heterocycles. The SMILES string of the molecule is CC[C@@H](C)c1nc2ccc(Br)cc2c(=O)n1N=Cc1cc(Cl)cc(OC)c1OCC(=O)Nc1ccc(Cl)cc1. The van der Waals surface area contributed by atoms with Crippen LogP contribution in [0.25, 0.3) is 10.9 Å². The van der Waals surface area contributed by atoms with Crippen LogP contribution in [0.4, 0.5) is 5.69 Å². The Balaban J connectivity index is 1.70. The number of halogens is 3. The first-order chi connectivity index (χ1) is 18.7. The summed E-state index contributed by atoms with van der Waals surface area (Å²) in [6, 6.07) is 15.2. The molecule has 8 nitrogen and oxygen atoms in total. The van der Waals surface area contributed by atoms with Crippen LogP contribution in [0.3, 0.4) is 0 Å². The molecule has 1 amide bonds. The third-order valence-corrected chi connectivity index (χ3v) is 6.91. The Labute approximate surface area is 243 Å². The van der Waals surface area contributed by atoms with Gasteiger partial charge in [0, 0.05) is 37.8 Å². The summed E-state index contributed by atoms with van der Waals surface area (Å²) in [4.78, 5) is 30.7. The van der Waals surface area contributed by atoms with Crippen LogP contribution < -0.4 is 20.3 Å². The van der Waals surface area contributed by atoms with Crippen LogP contribution in [0.5, 0.6) is 11.5 Å². The van der Waals surface area contributed by atoms with E-state index < -0.39 is 5.91 Å². The van der Waals surface area contributed by atoms with Crippen LogP contribution in [0.15, 0.2) is 69.0 Å². The van der Waals surface area contributed by atoms with Crippen molar-refractivity contribution in [3.05, 3.63) is 90.9 Å². The maximum absolute atomic E-state index is 13.5. The molecule has 0 aliphatic rings. The normalized spacial score (nSPS) is 12.1. The lowest BCUT2D eigenvalue weighted by Crippen LogP contribution is -2.24. The topological polar surface area (TPSA) is 94.8 Å². The van der Waals surface area contributed by atoms with Crippen LogP contribution in [-0.4, -0.2) is 35.5 Å². The summed E-state index contributed by atoms with van der Waals surface area (Å²) in [5.41, 5.74) is 1.26. The Kier molecular flexibility index (Phi) is 9.27. The predicted octanol–water partition coefficient (Wildman–Crippen LogP) is 6.89. The van der Waals surface area contributed by atoms with E-state index in [2.05, 4.69) is 26.3 Å². The van der Waals surface area contributed by atoms with Gasteiger partial charge < -0.3 is 14.8 Å². The van der Waals surface area contributed by atoms with Gasteiger partial charge in [0.05, 0.1) is 24.2 Å². The Bertz CT molecular complexity index is 1610. The largest absolute Gasteiger partial charge is 0.493 e. The number of methoxy groups -OCH3 is 1. The van der Waals surface area contributed by atoms with E-state index in [1.807, 2.05) is 19.9 Å². The average molecular weight is 632 g/mol. The van der Waals surface area contributed by atoms with Gasteiger partial charge in [-0.3, -0.25) is 9.59 Å². The molecule has 0 spiro atoms. The predicted molar refractivity (Wildman–Crippen MR) is 159 cm³/mol.